The third kappa shape index (κ3) is 3.27. The number of ketones is 1. The van der Waals surface area contributed by atoms with Crippen molar-refractivity contribution >= 4 is 17.5 Å². The number of benzene rings is 2. The molecule has 2 aromatic carbocycles. The van der Waals surface area contributed by atoms with Crippen LogP contribution in [0, 0.1) is 11.6 Å². The highest BCUT2D eigenvalue weighted by Crippen LogP contribution is 2.27. The summed E-state index contributed by atoms with van der Waals surface area (Å²) in [6.45, 7) is 0. The maximum absolute atomic E-state index is 13.4. The number of thioether (sulfide) groups is 1. The Morgan fingerprint density at radius 1 is 1.05 bits per heavy atom. The summed E-state index contributed by atoms with van der Waals surface area (Å²) in [5, 5.41) is 18.4. The Balaban J connectivity index is 2.06. The minimum atomic E-state index is -0.726. The van der Waals surface area contributed by atoms with Crippen LogP contribution in [0.2, 0.25) is 0 Å². The number of phenolic OH excluding ortho intramolecular Hbond substituents is 2. The first-order chi connectivity index (χ1) is 9.47. The molecule has 104 valence electrons. The Hall–Kier alpha value is -2.08. The van der Waals surface area contributed by atoms with E-state index in [9.17, 15) is 18.7 Å². The van der Waals surface area contributed by atoms with Crippen LogP contribution in [0.3, 0.4) is 0 Å². The number of hydrogen-bond donors (Lipinski definition) is 2. The summed E-state index contributed by atoms with van der Waals surface area (Å²) in [5.74, 6) is -2.52. The number of carbonyl (C=O) groups excluding carboxylic acids is 1. The van der Waals surface area contributed by atoms with Crippen molar-refractivity contribution in [2.75, 3.05) is 5.75 Å². The van der Waals surface area contributed by atoms with Crippen molar-refractivity contribution in [3.63, 3.8) is 0 Å². The van der Waals surface area contributed by atoms with Crippen molar-refractivity contribution in [1.29, 1.82) is 0 Å². The fourth-order valence-electron chi connectivity index (χ4n) is 1.52. The zero-order valence-corrected chi connectivity index (χ0v) is 11.0. The highest BCUT2D eigenvalue weighted by molar-refractivity contribution is 8.00. The van der Waals surface area contributed by atoms with E-state index in [0.717, 1.165) is 30.0 Å². The molecule has 0 saturated heterocycles. The lowest BCUT2D eigenvalue weighted by Gasteiger charge is -2.04. The van der Waals surface area contributed by atoms with Crippen molar-refractivity contribution in [1.82, 2.24) is 0 Å². The molecule has 0 radical (unpaired) electrons. The summed E-state index contributed by atoms with van der Waals surface area (Å²) in [6, 6.07) is 6.82. The van der Waals surface area contributed by atoms with Gasteiger partial charge in [0, 0.05) is 16.5 Å². The normalized spacial score (nSPS) is 10.5. The molecule has 2 rings (SSSR count). The van der Waals surface area contributed by atoms with E-state index in [4.69, 9.17) is 5.11 Å². The van der Waals surface area contributed by atoms with Crippen LogP contribution in [-0.4, -0.2) is 21.7 Å². The van der Waals surface area contributed by atoms with Gasteiger partial charge < -0.3 is 10.2 Å². The van der Waals surface area contributed by atoms with Gasteiger partial charge in [0.1, 0.15) is 11.6 Å². The van der Waals surface area contributed by atoms with E-state index in [1.54, 1.807) is 0 Å². The van der Waals surface area contributed by atoms with E-state index >= 15 is 0 Å². The largest absolute Gasteiger partial charge is 0.504 e. The summed E-state index contributed by atoms with van der Waals surface area (Å²) < 4.78 is 26.1. The van der Waals surface area contributed by atoms with Gasteiger partial charge in [-0.05, 0) is 30.3 Å². The van der Waals surface area contributed by atoms with Gasteiger partial charge in [-0.2, -0.15) is 0 Å². The minimum absolute atomic E-state index is 0.0627. The van der Waals surface area contributed by atoms with E-state index in [0.29, 0.717) is 0 Å². The average molecular weight is 296 g/mol. The molecule has 0 amide bonds. The fourth-order valence-corrected chi connectivity index (χ4v) is 2.33. The first-order valence-electron chi connectivity index (χ1n) is 5.60. The second kappa shape index (κ2) is 5.92. The highest BCUT2D eigenvalue weighted by Gasteiger charge is 2.11. The Labute approximate surface area is 117 Å². The number of carbonyl (C=O) groups is 1. The molecule has 0 spiro atoms. The summed E-state index contributed by atoms with van der Waals surface area (Å²) in [7, 11) is 0. The van der Waals surface area contributed by atoms with E-state index in [1.165, 1.54) is 18.2 Å². The molecule has 0 saturated carbocycles. The third-order valence-corrected chi connectivity index (χ3v) is 3.60. The summed E-state index contributed by atoms with van der Waals surface area (Å²) in [5.41, 5.74) is 0.204. The van der Waals surface area contributed by atoms with Crippen LogP contribution in [0.25, 0.3) is 0 Å². The van der Waals surface area contributed by atoms with Gasteiger partial charge in [0.25, 0.3) is 0 Å². The summed E-state index contributed by atoms with van der Waals surface area (Å²) >= 11 is 0.933. The fraction of sp³-hybridized carbons (Fsp3) is 0.0714. The lowest BCUT2D eigenvalue weighted by atomic mass is 10.1. The van der Waals surface area contributed by atoms with E-state index in [1.807, 2.05) is 0 Å². The van der Waals surface area contributed by atoms with Gasteiger partial charge in [-0.1, -0.05) is 0 Å². The molecule has 0 unspecified atom stereocenters. The molecule has 0 atom stereocenters. The molecule has 0 fully saturated rings. The topological polar surface area (TPSA) is 57.5 Å². The van der Waals surface area contributed by atoms with Gasteiger partial charge in [0.2, 0.25) is 0 Å². The molecule has 0 aliphatic carbocycles. The van der Waals surface area contributed by atoms with Gasteiger partial charge in [-0.15, -0.1) is 11.8 Å². The molecule has 0 aromatic heterocycles. The first kappa shape index (κ1) is 14.3. The van der Waals surface area contributed by atoms with Crippen LogP contribution in [0.5, 0.6) is 11.5 Å². The number of Topliss-reactive ketones (excluding diaryl/α,β-unsaturated/α-hetero) is 1. The zero-order chi connectivity index (χ0) is 14.7. The monoisotopic (exact) mass is 296 g/mol. The molecule has 0 aliphatic rings. The van der Waals surface area contributed by atoms with Gasteiger partial charge in [0.15, 0.2) is 17.3 Å². The maximum Gasteiger partial charge on any atom is 0.173 e. The minimum Gasteiger partial charge on any atom is -0.504 e. The van der Waals surface area contributed by atoms with Crippen molar-refractivity contribution in [3.8, 4) is 11.5 Å². The molecule has 0 heterocycles. The van der Waals surface area contributed by atoms with Crippen LogP contribution in [0.15, 0.2) is 41.3 Å². The SMILES string of the molecule is O=C(CSc1ccc(F)cc1F)c1ccc(O)c(O)c1. The molecular formula is C14H10F2O3S. The van der Waals surface area contributed by atoms with Crippen molar-refractivity contribution in [2.24, 2.45) is 0 Å². The molecule has 0 aliphatic heterocycles. The van der Waals surface area contributed by atoms with Gasteiger partial charge >= 0.3 is 0 Å². The number of aromatic hydroxyl groups is 2. The predicted molar refractivity (Wildman–Crippen MR) is 71.2 cm³/mol. The molecule has 2 N–H and O–H groups in total. The van der Waals surface area contributed by atoms with Gasteiger partial charge in [-0.25, -0.2) is 8.78 Å². The Morgan fingerprint density at radius 2 is 1.80 bits per heavy atom. The maximum atomic E-state index is 13.4. The van der Waals surface area contributed by atoms with E-state index in [-0.39, 0.29) is 27.7 Å². The molecule has 2 aromatic rings. The standard InChI is InChI=1S/C14H10F2O3S/c15-9-2-4-14(10(16)6-9)20-7-13(19)8-1-3-11(17)12(18)5-8/h1-6,17-18H,7H2. The van der Waals surface area contributed by atoms with Crippen molar-refractivity contribution < 1.29 is 23.8 Å². The number of phenols is 2. The van der Waals surface area contributed by atoms with Crippen molar-refractivity contribution in [3.05, 3.63) is 53.6 Å². The van der Waals surface area contributed by atoms with Crippen LogP contribution >= 0.6 is 11.8 Å². The Kier molecular flexibility index (Phi) is 4.24. The smallest absolute Gasteiger partial charge is 0.173 e. The number of rotatable bonds is 4. The number of hydrogen-bond acceptors (Lipinski definition) is 4. The highest BCUT2D eigenvalue weighted by atomic mass is 32.2. The molecular weight excluding hydrogens is 286 g/mol. The Bertz CT molecular complexity index is 659. The predicted octanol–water partition coefficient (Wildman–Crippen LogP) is 3.35. The van der Waals surface area contributed by atoms with Crippen LogP contribution in [0.1, 0.15) is 10.4 Å². The molecule has 20 heavy (non-hydrogen) atoms. The van der Waals surface area contributed by atoms with Crippen LogP contribution < -0.4 is 0 Å². The van der Waals surface area contributed by atoms with Crippen LogP contribution in [-0.2, 0) is 0 Å². The van der Waals surface area contributed by atoms with Gasteiger partial charge in [-0.3, -0.25) is 4.79 Å². The summed E-state index contributed by atoms with van der Waals surface area (Å²) in [4.78, 5) is 12.0. The third-order valence-electron chi connectivity index (χ3n) is 2.55. The summed E-state index contributed by atoms with van der Waals surface area (Å²) in [6.07, 6.45) is 0. The first-order valence-corrected chi connectivity index (χ1v) is 6.59. The van der Waals surface area contributed by atoms with E-state index in [2.05, 4.69) is 0 Å². The molecule has 6 heteroatoms. The lowest BCUT2D eigenvalue weighted by Crippen LogP contribution is -2.02. The number of halogens is 2. The average Bonchev–Trinajstić information content (AvgIpc) is 2.40. The van der Waals surface area contributed by atoms with E-state index < -0.39 is 17.4 Å². The lowest BCUT2D eigenvalue weighted by molar-refractivity contribution is 0.102. The zero-order valence-electron chi connectivity index (χ0n) is 10.1. The molecule has 3 nitrogen and oxygen atoms in total. The quantitative estimate of drug-likeness (QED) is 0.516. The second-order valence-electron chi connectivity index (χ2n) is 3.99. The molecule has 0 bridgehead atoms. The second-order valence-corrected chi connectivity index (χ2v) is 5.01. The van der Waals surface area contributed by atoms with Crippen LogP contribution in [0.4, 0.5) is 8.78 Å². The Morgan fingerprint density at radius 3 is 2.45 bits per heavy atom. The van der Waals surface area contributed by atoms with Gasteiger partial charge in [0.05, 0.1) is 5.75 Å². The van der Waals surface area contributed by atoms with Crippen molar-refractivity contribution in [2.45, 2.75) is 4.90 Å².